The van der Waals surface area contributed by atoms with Crippen molar-refractivity contribution in [1.82, 2.24) is 14.7 Å². The monoisotopic (exact) mass is 313 g/mol. The fourth-order valence-corrected chi connectivity index (χ4v) is 3.23. The van der Waals surface area contributed by atoms with E-state index in [2.05, 4.69) is 10.3 Å². The maximum atomic E-state index is 12.0. The van der Waals surface area contributed by atoms with Gasteiger partial charge >= 0.3 is 0 Å². The predicted molar refractivity (Wildman–Crippen MR) is 86.6 cm³/mol. The summed E-state index contributed by atoms with van der Waals surface area (Å²) in [5.74, 6) is -0.110. The summed E-state index contributed by atoms with van der Waals surface area (Å²) in [5.41, 5.74) is 2.14. The summed E-state index contributed by atoms with van der Waals surface area (Å²) in [4.78, 5) is 29.0. The molecular formula is C16H15N3O2S. The minimum atomic E-state index is -0.110. The topological polar surface area (TPSA) is 63.5 Å². The van der Waals surface area contributed by atoms with Crippen LogP contribution in [-0.2, 0) is 6.42 Å². The molecule has 0 spiro atoms. The van der Waals surface area contributed by atoms with E-state index in [9.17, 15) is 9.59 Å². The molecule has 3 aromatic rings. The number of rotatable bonds is 4. The maximum absolute atomic E-state index is 12.0. The largest absolute Gasteiger partial charge is 0.352 e. The maximum Gasteiger partial charge on any atom is 0.258 e. The molecule has 22 heavy (non-hydrogen) atoms. The Labute approximate surface area is 131 Å². The van der Waals surface area contributed by atoms with Gasteiger partial charge in [0.05, 0.1) is 0 Å². The zero-order valence-corrected chi connectivity index (χ0v) is 12.9. The van der Waals surface area contributed by atoms with Crippen LogP contribution < -0.4 is 10.9 Å². The number of aryl methyl sites for hydroxylation is 1. The molecule has 0 aliphatic rings. The number of benzene rings is 1. The van der Waals surface area contributed by atoms with Crippen molar-refractivity contribution in [3.05, 3.63) is 69.1 Å². The highest BCUT2D eigenvalue weighted by molar-refractivity contribution is 7.15. The van der Waals surface area contributed by atoms with Crippen molar-refractivity contribution in [1.29, 1.82) is 0 Å². The summed E-state index contributed by atoms with van der Waals surface area (Å²) in [6, 6.07) is 10.6. The van der Waals surface area contributed by atoms with E-state index in [1.807, 2.05) is 23.6 Å². The molecule has 0 saturated heterocycles. The molecule has 1 amide bonds. The number of nitrogens with zero attached hydrogens (tertiary/aromatic N) is 2. The van der Waals surface area contributed by atoms with Crippen molar-refractivity contribution in [2.24, 2.45) is 0 Å². The van der Waals surface area contributed by atoms with Gasteiger partial charge in [0.1, 0.15) is 0 Å². The molecule has 1 N–H and O–H groups in total. The van der Waals surface area contributed by atoms with Crippen LogP contribution in [0.3, 0.4) is 0 Å². The highest BCUT2D eigenvalue weighted by Gasteiger charge is 2.09. The normalized spacial score (nSPS) is 10.8. The van der Waals surface area contributed by atoms with Gasteiger partial charge in [-0.05, 0) is 19.1 Å². The Morgan fingerprint density at radius 2 is 2.09 bits per heavy atom. The van der Waals surface area contributed by atoms with Gasteiger partial charge in [0.2, 0.25) is 0 Å². The highest BCUT2D eigenvalue weighted by Crippen LogP contribution is 2.12. The third-order valence-electron chi connectivity index (χ3n) is 3.31. The summed E-state index contributed by atoms with van der Waals surface area (Å²) >= 11 is 1.44. The number of nitrogens with one attached hydrogen (secondary N) is 1. The van der Waals surface area contributed by atoms with E-state index in [4.69, 9.17) is 0 Å². The van der Waals surface area contributed by atoms with Gasteiger partial charge in [0.15, 0.2) is 4.96 Å². The molecule has 0 aliphatic carbocycles. The van der Waals surface area contributed by atoms with E-state index < -0.39 is 0 Å². The van der Waals surface area contributed by atoms with Crippen LogP contribution >= 0.6 is 11.3 Å². The lowest BCUT2D eigenvalue weighted by Gasteiger charge is -2.05. The minimum Gasteiger partial charge on any atom is -0.352 e. The van der Waals surface area contributed by atoms with Crippen molar-refractivity contribution >= 4 is 22.2 Å². The third-order valence-corrected chi connectivity index (χ3v) is 4.18. The number of carbonyl (C=O) groups excluding carboxylic acids is 1. The summed E-state index contributed by atoms with van der Waals surface area (Å²) in [6.45, 7) is 2.28. The van der Waals surface area contributed by atoms with Crippen molar-refractivity contribution in [2.45, 2.75) is 13.3 Å². The quantitative estimate of drug-likeness (QED) is 0.801. The fourth-order valence-electron chi connectivity index (χ4n) is 2.25. The van der Waals surface area contributed by atoms with E-state index in [0.717, 1.165) is 11.4 Å². The molecular weight excluding hydrogens is 298 g/mol. The summed E-state index contributed by atoms with van der Waals surface area (Å²) in [5, 5.41) is 4.78. The van der Waals surface area contributed by atoms with E-state index in [1.165, 1.54) is 17.4 Å². The van der Waals surface area contributed by atoms with Crippen molar-refractivity contribution in [3.63, 3.8) is 0 Å². The van der Waals surface area contributed by atoms with Gasteiger partial charge in [-0.3, -0.25) is 14.0 Å². The van der Waals surface area contributed by atoms with Crippen LogP contribution in [-0.4, -0.2) is 21.8 Å². The Morgan fingerprint density at radius 3 is 2.86 bits per heavy atom. The van der Waals surface area contributed by atoms with Gasteiger partial charge in [-0.15, -0.1) is 11.3 Å². The predicted octanol–water partition coefficient (Wildman–Crippen LogP) is 2.04. The van der Waals surface area contributed by atoms with Gasteiger partial charge in [-0.1, -0.05) is 18.2 Å². The first-order valence-electron chi connectivity index (χ1n) is 6.95. The Balaban J connectivity index is 1.70. The first-order valence-corrected chi connectivity index (χ1v) is 7.83. The van der Waals surface area contributed by atoms with Gasteiger partial charge in [-0.25, -0.2) is 4.98 Å². The number of aromatic nitrogens is 2. The van der Waals surface area contributed by atoms with Crippen LogP contribution in [0.2, 0.25) is 0 Å². The molecule has 0 atom stereocenters. The number of carbonyl (C=O) groups is 1. The second-order valence-corrected chi connectivity index (χ2v) is 5.79. The summed E-state index contributed by atoms with van der Waals surface area (Å²) in [7, 11) is 0. The molecule has 0 unspecified atom stereocenters. The van der Waals surface area contributed by atoms with Crippen LogP contribution in [0.1, 0.15) is 21.7 Å². The molecule has 0 bridgehead atoms. The van der Waals surface area contributed by atoms with E-state index in [-0.39, 0.29) is 11.5 Å². The van der Waals surface area contributed by atoms with Crippen molar-refractivity contribution in [2.75, 3.05) is 6.54 Å². The Morgan fingerprint density at radius 1 is 1.32 bits per heavy atom. The molecule has 2 aromatic heterocycles. The van der Waals surface area contributed by atoms with Gasteiger partial charge in [0.25, 0.3) is 11.5 Å². The molecule has 2 heterocycles. The highest BCUT2D eigenvalue weighted by atomic mass is 32.1. The second-order valence-electron chi connectivity index (χ2n) is 4.95. The molecule has 0 fully saturated rings. The number of hydrogen-bond acceptors (Lipinski definition) is 4. The first-order chi connectivity index (χ1) is 10.6. The van der Waals surface area contributed by atoms with Crippen LogP contribution in [0.4, 0.5) is 0 Å². The average Bonchev–Trinajstić information content (AvgIpc) is 2.91. The molecule has 112 valence electrons. The molecule has 3 rings (SSSR count). The summed E-state index contributed by atoms with van der Waals surface area (Å²) in [6.07, 6.45) is 0.587. The first kappa shape index (κ1) is 14.5. The third kappa shape index (κ3) is 2.92. The molecule has 5 nitrogen and oxygen atoms in total. The van der Waals surface area contributed by atoms with Crippen molar-refractivity contribution < 1.29 is 4.79 Å². The minimum absolute atomic E-state index is 0.0758. The standard InChI is InChI=1S/C16H15N3O2S/c1-11-9-14(20)19-13(10-22-16(19)18-11)7-8-17-15(21)12-5-3-2-4-6-12/h2-6,9-10H,7-8H2,1H3,(H,17,21). The fraction of sp³-hybridized carbons (Fsp3) is 0.188. The number of fused-ring (bicyclic) bond motifs is 1. The van der Waals surface area contributed by atoms with Gasteiger partial charge < -0.3 is 5.32 Å². The van der Waals surface area contributed by atoms with Crippen LogP contribution in [0, 0.1) is 6.92 Å². The van der Waals surface area contributed by atoms with E-state index in [1.54, 1.807) is 23.5 Å². The number of amides is 1. The molecule has 6 heteroatoms. The molecule has 0 saturated carbocycles. The average molecular weight is 313 g/mol. The van der Waals surface area contributed by atoms with E-state index in [0.29, 0.717) is 23.5 Å². The van der Waals surface area contributed by atoms with Gasteiger partial charge in [0, 0.05) is 41.4 Å². The SMILES string of the molecule is Cc1cc(=O)n2c(CCNC(=O)c3ccccc3)csc2n1. The second kappa shape index (κ2) is 6.11. The molecule has 1 aromatic carbocycles. The van der Waals surface area contributed by atoms with E-state index >= 15 is 0 Å². The Kier molecular flexibility index (Phi) is 4.02. The smallest absolute Gasteiger partial charge is 0.258 e. The van der Waals surface area contributed by atoms with Crippen LogP contribution in [0.25, 0.3) is 4.96 Å². The zero-order chi connectivity index (χ0) is 15.5. The van der Waals surface area contributed by atoms with Crippen LogP contribution in [0.15, 0.2) is 46.6 Å². The lowest BCUT2D eigenvalue weighted by Crippen LogP contribution is -2.26. The molecule has 0 radical (unpaired) electrons. The zero-order valence-electron chi connectivity index (χ0n) is 12.1. The van der Waals surface area contributed by atoms with Gasteiger partial charge in [-0.2, -0.15) is 0 Å². The van der Waals surface area contributed by atoms with Crippen LogP contribution in [0.5, 0.6) is 0 Å². The molecule has 0 aliphatic heterocycles. The van der Waals surface area contributed by atoms with Crippen molar-refractivity contribution in [3.8, 4) is 0 Å². The lowest BCUT2D eigenvalue weighted by molar-refractivity contribution is 0.0954. The Hall–Kier alpha value is -2.47. The Bertz CT molecular complexity index is 868. The summed E-state index contributed by atoms with van der Waals surface area (Å²) < 4.78 is 1.60. The number of thiazole rings is 1. The lowest BCUT2D eigenvalue weighted by atomic mass is 10.2. The number of hydrogen-bond donors (Lipinski definition) is 1.